The Kier molecular flexibility index (Phi) is 4.89. The Bertz CT molecular complexity index is 361. The average Bonchev–Trinajstić information content (AvgIpc) is 2.34. The van der Waals surface area contributed by atoms with E-state index in [9.17, 15) is 0 Å². The van der Waals surface area contributed by atoms with Crippen molar-refractivity contribution in [3.05, 3.63) is 29.3 Å². The highest BCUT2D eigenvalue weighted by Gasteiger charge is 2.15. The highest BCUT2D eigenvalue weighted by atomic mass is 32.2. The molecule has 1 aromatic rings. The summed E-state index contributed by atoms with van der Waals surface area (Å²) in [6.45, 7) is 4.75. The van der Waals surface area contributed by atoms with Crippen LogP contribution in [0.15, 0.2) is 23.1 Å². The first-order valence-electron chi connectivity index (χ1n) is 6.33. The molecule has 1 aliphatic heterocycles. The number of rotatable bonds is 4. The van der Waals surface area contributed by atoms with Crippen LogP contribution in [0, 0.1) is 6.92 Å². The summed E-state index contributed by atoms with van der Waals surface area (Å²) in [4.78, 5) is 1.38. The van der Waals surface area contributed by atoms with E-state index < -0.39 is 0 Å². The fraction of sp³-hybridized carbons (Fsp3) is 0.571. The molecule has 94 valence electrons. The molecule has 2 N–H and O–H groups in total. The lowest BCUT2D eigenvalue weighted by Crippen LogP contribution is -2.17. The molecule has 3 heteroatoms. The third-order valence-corrected chi connectivity index (χ3v) is 4.53. The zero-order chi connectivity index (χ0) is 12.1. The van der Waals surface area contributed by atoms with Gasteiger partial charge < -0.3 is 10.5 Å². The molecule has 0 unspecified atom stereocenters. The predicted molar refractivity (Wildman–Crippen MR) is 73.6 cm³/mol. The predicted octanol–water partition coefficient (Wildman–Crippen LogP) is 2.77. The van der Waals surface area contributed by atoms with Gasteiger partial charge in [0, 0.05) is 23.4 Å². The fourth-order valence-corrected chi connectivity index (χ4v) is 3.37. The molecule has 1 heterocycles. The highest BCUT2D eigenvalue weighted by molar-refractivity contribution is 8.00. The molecule has 0 aliphatic carbocycles. The fourth-order valence-electron chi connectivity index (χ4n) is 2.16. The van der Waals surface area contributed by atoms with Crippen LogP contribution in [0.5, 0.6) is 0 Å². The van der Waals surface area contributed by atoms with E-state index in [-0.39, 0.29) is 0 Å². The summed E-state index contributed by atoms with van der Waals surface area (Å²) in [5.41, 5.74) is 8.34. The minimum atomic E-state index is 0.725. The lowest BCUT2D eigenvalue weighted by atomic mass is 10.1. The quantitative estimate of drug-likeness (QED) is 0.893. The number of nitrogens with two attached hydrogens (primary N) is 1. The highest BCUT2D eigenvalue weighted by Crippen LogP contribution is 2.30. The normalized spacial score (nSPS) is 17.3. The summed E-state index contributed by atoms with van der Waals surface area (Å²) in [6, 6.07) is 6.76. The Morgan fingerprint density at radius 2 is 2.12 bits per heavy atom. The second kappa shape index (κ2) is 6.43. The number of ether oxygens (including phenoxy) is 1. The maximum absolute atomic E-state index is 5.60. The van der Waals surface area contributed by atoms with E-state index in [0.29, 0.717) is 0 Å². The molecule has 0 radical (unpaired) electrons. The largest absolute Gasteiger partial charge is 0.381 e. The molecule has 1 aliphatic rings. The smallest absolute Gasteiger partial charge is 0.0476 e. The molecule has 0 bridgehead atoms. The van der Waals surface area contributed by atoms with Crippen LogP contribution in [-0.2, 0) is 11.2 Å². The zero-order valence-electron chi connectivity index (χ0n) is 10.4. The van der Waals surface area contributed by atoms with Crippen molar-refractivity contribution in [1.82, 2.24) is 0 Å². The Hall–Kier alpha value is -0.510. The molecule has 0 atom stereocenters. The first-order valence-corrected chi connectivity index (χ1v) is 7.21. The Morgan fingerprint density at radius 1 is 1.35 bits per heavy atom. The van der Waals surface area contributed by atoms with Crippen molar-refractivity contribution in [3.8, 4) is 0 Å². The van der Waals surface area contributed by atoms with Gasteiger partial charge in [0.15, 0.2) is 0 Å². The topological polar surface area (TPSA) is 35.2 Å². The van der Waals surface area contributed by atoms with Gasteiger partial charge in [-0.25, -0.2) is 0 Å². The van der Waals surface area contributed by atoms with E-state index in [1.54, 1.807) is 0 Å². The summed E-state index contributed by atoms with van der Waals surface area (Å²) in [5.74, 6) is 0. The van der Waals surface area contributed by atoms with E-state index >= 15 is 0 Å². The summed E-state index contributed by atoms with van der Waals surface area (Å²) >= 11 is 1.99. The maximum atomic E-state index is 5.60. The van der Waals surface area contributed by atoms with Gasteiger partial charge in [-0.2, -0.15) is 0 Å². The molecule has 2 rings (SSSR count). The third-order valence-electron chi connectivity index (χ3n) is 3.20. The van der Waals surface area contributed by atoms with Crippen molar-refractivity contribution in [2.75, 3.05) is 19.8 Å². The van der Waals surface area contributed by atoms with Crippen molar-refractivity contribution < 1.29 is 4.74 Å². The third kappa shape index (κ3) is 3.73. The number of benzene rings is 1. The molecule has 1 fully saturated rings. The minimum Gasteiger partial charge on any atom is -0.381 e. The zero-order valence-corrected chi connectivity index (χ0v) is 11.3. The molecule has 0 amide bonds. The van der Waals surface area contributed by atoms with Crippen molar-refractivity contribution in [3.63, 3.8) is 0 Å². The Morgan fingerprint density at radius 3 is 2.76 bits per heavy atom. The van der Waals surface area contributed by atoms with Gasteiger partial charge in [-0.1, -0.05) is 6.07 Å². The standard InChI is InChI=1S/C14H21NOS/c1-11-10-14(3-2-12(11)4-7-15)17-13-5-8-16-9-6-13/h2-3,10,13H,4-9,15H2,1H3. The molecule has 17 heavy (non-hydrogen) atoms. The van der Waals surface area contributed by atoms with Crippen LogP contribution in [0.4, 0.5) is 0 Å². The molecular weight excluding hydrogens is 230 g/mol. The van der Waals surface area contributed by atoms with E-state index in [2.05, 4.69) is 25.1 Å². The first-order chi connectivity index (χ1) is 8.29. The Balaban J connectivity index is 1.98. The summed E-state index contributed by atoms with van der Waals surface area (Å²) < 4.78 is 5.38. The molecular formula is C14H21NOS. The molecule has 1 saturated heterocycles. The summed E-state index contributed by atoms with van der Waals surface area (Å²) in [5, 5.41) is 0.725. The molecule has 0 aromatic heterocycles. The lowest BCUT2D eigenvalue weighted by Gasteiger charge is -2.21. The van der Waals surface area contributed by atoms with Crippen LogP contribution >= 0.6 is 11.8 Å². The maximum Gasteiger partial charge on any atom is 0.0476 e. The Labute approximate surface area is 108 Å². The second-order valence-electron chi connectivity index (χ2n) is 4.56. The van der Waals surface area contributed by atoms with E-state index in [0.717, 1.165) is 31.4 Å². The SMILES string of the molecule is Cc1cc(SC2CCOCC2)ccc1CCN. The van der Waals surface area contributed by atoms with Gasteiger partial charge in [0.05, 0.1) is 0 Å². The van der Waals surface area contributed by atoms with Crippen LogP contribution in [0.2, 0.25) is 0 Å². The monoisotopic (exact) mass is 251 g/mol. The van der Waals surface area contributed by atoms with E-state index in [1.807, 2.05) is 11.8 Å². The van der Waals surface area contributed by atoms with Gasteiger partial charge in [-0.3, -0.25) is 0 Å². The second-order valence-corrected chi connectivity index (χ2v) is 5.93. The van der Waals surface area contributed by atoms with E-state index in [4.69, 9.17) is 10.5 Å². The van der Waals surface area contributed by atoms with Crippen molar-refractivity contribution in [2.24, 2.45) is 5.73 Å². The number of thioether (sulfide) groups is 1. The van der Waals surface area contributed by atoms with Gasteiger partial charge in [-0.15, -0.1) is 11.8 Å². The number of aryl methyl sites for hydroxylation is 1. The number of hydrogen-bond donors (Lipinski definition) is 1. The van der Waals surface area contributed by atoms with Crippen LogP contribution in [-0.4, -0.2) is 25.0 Å². The van der Waals surface area contributed by atoms with Gasteiger partial charge in [0.25, 0.3) is 0 Å². The number of hydrogen-bond acceptors (Lipinski definition) is 3. The van der Waals surface area contributed by atoms with Crippen molar-refractivity contribution in [1.29, 1.82) is 0 Å². The van der Waals surface area contributed by atoms with Crippen LogP contribution < -0.4 is 5.73 Å². The van der Waals surface area contributed by atoms with Crippen molar-refractivity contribution in [2.45, 2.75) is 36.3 Å². The van der Waals surface area contributed by atoms with E-state index in [1.165, 1.54) is 28.9 Å². The summed E-state index contributed by atoms with van der Waals surface area (Å²) in [6.07, 6.45) is 3.33. The summed E-state index contributed by atoms with van der Waals surface area (Å²) in [7, 11) is 0. The van der Waals surface area contributed by atoms with Crippen LogP contribution in [0.1, 0.15) is 24.0 Å². The molecule has 1 aromatic carbocycles. The first kappa shape index (κ1) is 12.9. The van der Waals surface area contributed by atoms with Crippen LogP contribution in [0.25, 0.3) is 0 Å². The molecule has 0 spiro atoms. The van der Waals surface area contributed by atoms with Gasteiger partial charge >= 0.3 is 0 Å². The van der Waals surface area contributed by atoms with Gasteiger partial charge in [0.1, 0.15) is 0 Å². The minimum absolute atomic E-state index is 0.725. The van der Waals surface area contributed by atoms with Gasteiger partial charge in [0.2, 0.25) is 0 Å². The molecule has 2 nitrogen and oxygen atoms in total. The van der Waals surface area contributed by atoms with Crippen molar-refractivity contribution >= 4 is 11.8 Å². The average molecular weight is 251 g/mol. The van der Waals surface area contributed by atoms with Gasteiger partial charge in [-0.05, 0) is 56.0 Å². The lowest BCUT2D eigenvalue weighted by molar-refractivity contribution is 0.100. The van der Waals surface area contributed by atoms with Crippen LogP contribution in [0.3, 0.4) is 0 Å². The molecule has 0 saturated carbocycles.